The normalized spacial score (nSPS) is 20.7. The number of benzene rings is 1. The van der Waals surface area contributed by atoms with Gasteiger partial charge in [-0.15, -0.1) is 0 Å². The maximum absolute atomic E-state index is 12.1. The maximum Gasteiger partial charge on any atom is 0.241 e. The van der Waals surface area contributed by atoms with Crippen LogP contribution in [-0.4, -0.2) is 27.5 Å². The molecule has 1 aliphatic rings. The fourth-order valence-electron chi connectivity index (χ4n) is 1.95. The highest BCUT2D eigenvalue weighted by Crippen LogP contribution is 2.20. The van der Waals surface area contributed by atoms with E-state index in [0.29, 0.717) is 22.0 Å². The van der Waals surface area contributed by atoms with E-state index in [1.165, 1.54) is 0 Å². The zero-order chi connectivity index (χ0) is 12.5. The van der Waals surface area contributed by atoms with Gasteiger partial charge in [0.25, 0.3) is 0 Å². The number of hydrogen-bond donors (Lipinski definition) is 2. The molecule has 1 aliphatic heterocycles. The molecule has 0 spiro atoms. The summed E-state index contributed by atoms with van der Waals surface area (Å²) in [6.07, 6.45) is 0.825. The van der Waals surface area contributed by atoms with E-state index in [9.17, 15) is 8.42 Å². The Morgan fingerprint density at radius 1 is 1.47 bits per heavy atom. The van der Waals surface area contributed by atoms with E-state index < -0.39 is 10.0 Å². The van der Waals surface area contributed by atoms with E-state index in [0.717, 1.165) is 13.0 Å². The molecule has 0 aliphatic carbocycles. The average molecular weight is 275 g/mol. The third kappa shape index (κ3) is 2.98. The predicted octanol–water partition coefficient (Wildman–Crippen LogP) is 1.29. The molecule has 0 saturated carbocycles. The Balaban J connectivity index is 2.24. The van der Waals surface area contributed by atoms with Crippen molar-refractivity contribution in [2.75, 3.05) is 13.1 Å². The summed E-state index contributed by atoms with van der Waals surface area (Å²) in [5, 5.41) is 3.67. The van der Waals surface area contributed by atoms with Gasteiger partial charge in [0.15, 0.2) is 0 Å². The summed E-state index contributed by atoms with van der Waals surface area (Å²) in [5.41, 5.74) is 0.663. The van der Waals surface area contributed by atoms with Crippen LogP contribution in [0.2, 0.25) is 5.02 Å². The van der Waals surface area contributed by atoms with Gasteiger partial charge in [-0.2, -0.15) is 0 Å². The third-order valence-corrected chi connectivity index (χ3v) is 4.72. The monoisotopic (exact) mass is 274 g/mol. The molecule has 1 saturated heterocycles. The van der Waals surface area contributed by atoms with Gasteiger partial charge in [0.1, 0.15) is 0 Å². The summed E-state index contributed by atoms with van der Waals surface area (Å²) < 4.78 is 27.0. The van der Waals surface area contributed by atoms with Crippen molar-refractivity contribution in [3.63, 3.8) is 0 Å². The molecule has 1 fully saturated rings. The first-order chi connectivity index (χ1) is 7.99. The van der Waals surface area contributed by atoms with Crippen LogP contribution in [0.25, 0.3) is 0 Å². The molecule has 0 aromatic heterocycles. The van der Waals surface area contributed by atoms with Crippen molar-refractivity contribution in [2.24, 2.45) is 0 Å². The lowest BCUT2D eigenvalue weighted by atomic mass is 10.2. The molecule has 6 heteroatoms. The van der Waals surface area contributed by atoms with Crippen molar-refractivity contribution in [1.82, 2.24) is 10.0 Å². The van der Waals surface area contributed by atoms with Crippen LogP contribution < -0.4 is 10.0 Å². The summed E-state index contributed by atoms with van der Waals surface area (Å²) in [6.45, 7) is 3.28. The first-order valence-electron chi connectivity index (χ1n) is 5.48. The highest BCUT2D eigenvalue weighted by Gasteiger charge is 2.23. The van der Waals surface area contributed by atoms with Gasteiger partial charge in [0.05, 0.1) is 4.90 Å². The fraction of sp³-hybridized carbons (Fsp3) is 0.455. The van der Waals surface area contributed by atoms with Crippen LogP contribution in [0, 0.1) is 6.92 Å². The molecule has 0 bridgehead atoms. The molecule has 1 atom stereocenters. The molecular weight excluding hydrogens is 260 g/mol. The molecule has 94 valence electrons. The minimum Gasteiger partial charge on any atom is -0.315 e. The molecule has 4 nitrogen and oxygen atoms in total. The second kappa shape index (κ2) is 4.94. The van der Waals surface area contributed by atoms with Crippen LogP contribution in [0.5, 0.6) is 0 Å². The smallest absolute Gasteiger partial charge is 0.241 e. The number of nitrogens with one attached hydrogen (secondary N) is 2. The Hall–Kier alpha value is -0.620. The van der Waals surface area contributed by atoms with E-state index in [1.807, 2.05) is 0 Å². The topological polar surface area (TPSA) is 58.2 Å². The minimum absolute atomic E-state index is 0.0184. The quantitative estimate of drug-likeness (QED) is 0.873. The van der Waals surface area contributed by atoms with Crippen molar-refractivity contribution in [3.05, 3.63) is 28.8 Å². The Kier molecular flexibility index (Phi) is 3.73. The molecule has 0 radical (unpaired) electrons. The standard InChI is InChI=1S/C11H15ClN2O2S/c1-8-6-9(12)2-3-11(8)17(15,16)14-10-4-5-13-7-10/h2-3,6,10,13-14H,4-5,7H2,1H3. The lowest BCUT2D eigenvalue weighted by molar-refractivity contribution is 0.559. The zero-order valence-electron chi connectivity index (χ0n) is 9.53. The number of hydrogen-bond acceptors (Lipinski definition) is 3. The van der Waals surface area contributed by atoms with E-state index in [2.05, 4.69) is 10.0 Å². The lowest BCUT2D eigenvalue weighted by Crippen LogP contribution is -2.36. The van der Waals surface area contributed by atoms with Crippen molar-refractivity contribution in [2.45, 2.75) is 24.3 Å². The van der Waals surface area contributed by atoms with Gasteiger partial charge >= 0.3 is 0 Å². The number of aryl methyl sites for hydroxylation is 1. The van der Waals surface area contributed by atoms with Crippen LogP contribution in [0.4, 0.5) is 0 Å². The molecule has 2 rings (SSSR count). The number of halogens is 1. The van der Waals surface area contributed by atoms with Crippen LogP contribution in [0.1, 0.15) is 12.0 Å². The minimum atomic E-state index is -3.44. The Morgan fingerprint density at radius 3 is 2.82 bits per heavy atom. The number of rotatable bonds is 3. The van der Waals surface area contributed by atoms with Gasteiger partial charge in [-0.3, -0.25) is 0 Å². The third-order valence-electron chi connectivity index (χ3n) is 2.81. The van der Waals surface area contributed by atoms with E-state index >= 15 is 0 Å². The summed E-state index contributed by atoms with van der Waals surface area (Å²) in [6, 6.07) is 4.77. The SMILES string of the molecule is Cc1cc(Cl)ccc1S(=O)(=O)NC1CCNC1. The van der Waals surface area contributed by atoms with Crippen molar-refractivity contribution in [3.8, 4) is 0 Å². The second-order valence-corrected chi connectivity index (χ2v) is 6.34. The zero-order valence-corrected chi connectivity index (χ0v) is 11.1. The van der Waals surface area contributed by atoms with Gasteiger partial charge < -0.3 is 5.32 Å². The molecule has 2 N–H and O–H groups in total. The van der Waals surface area contributed by atoms with E-state index in [-0.39, 0.29) is 6.04 Å². The molecular formula is C11H15ClN2O2S. The van der Waals surface area contributed by atoms with Crippen LogP contribution in [-0.2, 0) is 10.0 Å². The first-order valence-corrected chi connectivity index (χ1v) is 7.34. The average Bonchev–Trinajstić information content (AvgIpc) is 2.68. The molecule has 17 heavy (non-hydrogen) atoms. The highest BCUT2D eigenvalue weighted by atomic mass is 35.5. The van der Waals surface area contributed by atoms with Gasteiger partial charge in [-0.1, -0.05) is 11.6 Å². The summed E-state index contributed by atoms with van der Waals surface area (Å²) >= 11 is 5.81. The Morgan fingerprint density at radius 2 is 2.24 bits per heavy atom. The van der Waals surface area contributed by atoms with E-state index in [1.54, 1.807) is 25.1 Å². The summed E-state index contributed by atoms with van der Waals surface area (Å²) in [4.78, 5) is 0.300. The Bertz CT molecular complexity index is 510. The van der Waals surface area contributed by atoms with Crippen LogP contribution in [0.15, 0.2) is 23.1 Å². The van der Waals surface area contributed by atoms with Crippen molar-refractivity contribution in [1.29, 1.82) is 0 Å². The molecule has 1 unspecified atom stereocenters. The first kappa shape index (κ1) is 12.8. The highest BCUT2D eigenvalue weighted by molar-refractivity contribution is 7.89. The van der Waals surface area contributed by atoms with Crippen LogP contribution >= 0.6 is 11.6 Å². The molecule has 0 amide bonds. The van der Waals surface area contributed by atoms with Gasteiger partial charge in [0.2, 0.25) is 10.0 Å². The van der Waals surface area contributed by atoms with Gasteiger partial charge in [-0.25, -0.2) is 13.1 Å². The Labute approximate surface area is 106 Å². The van der Waals surface area contributed by atoms with Crippen molar-refractivity contribution >= 4 is 21.6 Å². The van der Waals surface area contributed by atoms with E-state index in [4.69, 9.17) is 11.6 Å². The molecule has 1 heterocycles. The number of sulfonamides is 1. The predicted molar refractivity (Wildman–Crippen MR) is 67.8 cm³/mol. The van der Waals surface area contributed by atoms with Gasteiger partial charge in [-0.05, 0) is 43.7 Å². The molecule has 1 aromatic rings. The van der Waals surface area contributed by atoms with Crippen LogP contribution in [0.3, 0.4) is 0 Å². The molecule has 1 aromatic carbocycles. The van der Waals surface area contributed by atoms with Gasteiger partial charge in [0, 0.05) is 17.6 Å². The van der Waals surface area contributed by atoms with Crippen molar-refractivity contribution < 1.29 is 8.42 Å². The fourth-order valence-corrected chi connectivity index (χ4v) is 3.68. The summed E-state index contributed by atoms with van der Waals surface area (Å²) in [5.74, 6) is 0. The second-order valence-electron chi connectivity index (χ2n) is 4.22. The largest absolute Gasteiger partial charge is 0.315 e. The maximum atomic E-state index is 12.1. The summed E-state index contributed by atoms with van der Waals surface area (Å²) in [7, 11) is -3.44. The lowest BCUT2D eigenvalue weighted by Gasteiger charge is -2.13.